The zero-order valence-corrected chi connectivity index (χ0v) is 14.8. The standard InChI is InChI=1S/C17H19ClN2O3S/c1-23-17-7-4-13(18)9-16(17)20-10-12-8-15(12)11-2-5-14(6-3-11)24(19,21)22/h2-7,9,12,15,20H,8,10H2,1H3,(H2,19,21,22). The Morgan fingerprint density at radius 3 is 2.58 bits per heavy atom. The summed E-state index contributed by atoms with van der Waals surface area (Å²) in [7, 11) is -2.01. The number of benzene rings is 2. The fourth-order valence-electron chi connectivity index (χ4n) is 2.85. The fraction of sp³-hybridized carbons (Fsp3) is 0.294. The van der Waals surface area contributed by atoms with E-state index in [4.69, 9.17) is 21.5 Å². The number of primary sulfonamides is 1. The van der Waals surface area contributed by atoms with E-state index >= 15 is 0 Å². The van der Waals surface area contributed by atoms with Gasteiger partial charge in [0.2, 0.25) is 10.0 Å². The zero-order chi connectivity index (χ0) is 17.3. The van der Waals surface area contributed by atoms with Gasteiger partial charge in [-0.05, 0) is 54.2 Å². The van der Waals surface area contributed by atoms with E-state index in [0.717, 1.165) is 30.0 Å². The van der Waals surface area contributed by atoms with Crippen molar-refractivity contribution in [3.05, 3.63) is 53.1 Å². The maximum atomic E-state index is 11.3. The van der Waals surface area contributed by atoms with Crippen LogP contribution in [0.3, 0.4) is 0 Å². The van der Waals surface area contributed by atoms with Gasteiger partial charge in [0.05, 0.1) is 17.7 Å². The average Bonchev–Trinajstić information content (AvgIpc) is 3.32. The number of halogens is 1. The minimum absolute atomic E-state index is 0.144. The third-order valence-corrected chi connectivity index (χ3v) is 5.44. The predicted octanol–water partition coefficient (Wildman–Crippen LogP) is 3.21. The van der Waals surface area contributed by atoms with Crippen molar-refractivity contribution < 1.29 is 13.2 Å². The van der Waals surface area contributed by atoms with E-state index in [-0.39, 0.29) is 4.90 Å². The topological polar surface area (TPSA) is 81.4 Å². The molecule has 3 rings (SSSR count). The van der Waals surface area contributed by atoms with Crippen LogP contribution in [0.2, 0.25) is 5.02 Å². The molecule has 7 heteroatoms. The molecule has 1 aliphatic rings. The average molecular weight is 367 g/mol. The maximum Gasteiger partial charge on any atom is 0.238 e. The van der Waals surface area contributed by atoms with Gasteiger partial charge in [-0.25, -0.2) is 13.6 Å². The van der Waals surface area contributed by atoms with Crippen molar-refractivity contribution in [2.45, 2.75) is 17.2 Å². The lowest BCUT2D eigenvalue weighted by atomic mass is 10.1. The Morgan fingerprint density at radius 1 is 1.25 bits per heavy atom. The summed E-state index contributed by atoms with van der Waals surface area (Å²) in [6.07, 6.45) is 1.06. The lowest BCUT2D eigenvalue weighted by molar-refractivity contribution is 0.416. The van der Waals surface area contributed by atoms with E-state index in [1.807, 2.05) is 24.3 Å². The summed E-state index contributed by atoms with van der Waals surface area (Å²) >= 11 is 6.03. The number of nitrogens with two attached hydrogens (primary N) is 1. The Labute approximate surface area is 146 Å². The summed E-state index contributed by atoms with van der Waals surface area (Å²) in [5.41, 5.74) is 2.01. The highest BCUT2D eigenvalue weighted by atomic mass is 35.5. The lowest BCUT2D eigenvalue weighted by Gasteiger charge is -2.11. The first-order valence-corrected chi connectivity index (χ1v) is 9.51. The van der Waals surface area contributed by atoms with Crippen molar-refractivity contribution in [2.24, 2.45) is 11.1 Å². The SMILES string of the molecule is COc1ccc(Cl)cc1NCC1CC1c1ccc(S(N)(=O)=O)cc1. The number of methoxy groups -OCH3 is 1. The number of nitrogens with one attached hydrogen (secondary N) is 1. The van der Waals surface area contributed by atoms with E-state index in [2.05, 4.69) is 5.32 Å². The molecule has 0 heterocycles. The van der Waals surface area contributed by atoms with Crippen molar-refractivity contribution in [1.29, 1.82) is 0 Å². The molecule has 0 radical (unpaired) electrons. The number of ether oxygens (including phenoxy) is 1. The summed E-state index contributed by atoms with van der Waals surface area (Å²) in [4.78, 5) is 0.144. The normalized spacial score (nSPS) is 19.8. The van der Waals surface area contributed by atoms with Crippen molar-refractivity contribution in [3.63, 3.8) is 0 Å². The van der Waals surface area contributed by atoms with Crippen LogP contribution < -0.4 is 15.2 Å². The molecule has 0 aliphatic heterocycles. The molecule has 1 fully saturated rings. The van der Waals surface area contributed by atoms with E-state index in [0.29, 0.717) is 16.9 Å². The monoisotopic (exact) mass is 366 g/mol. The van der Waals surface area contributed by atoms with Crippen LogP contribution in [0.5, 0.6) is 5.75 Å². The maximum absolute atomic E-state index is 11.3. The molecule has 0 aromatic heterocycles. The first kappa shape index (κ1) is 17.1. The molecule has 1 saturated carbocycles. The highest BCUT2D eigenvalue weighted by molar-refractivity contribution is 7.89. The van der Waals surface area contributed by atoms with Gasteiger partial charge < -0.3 is 10.1 Å². The molecule has 2 aromatic rings. The highest BCUT2D eigenvalue weighted by Gasteiger charge is 2.38. The summed E-state index contributed by atoms with van der Waals surface area (Å²) in [6, 6.07) is 12.3. The van der Waals surface area contributed by atoms with E-state index < -0.39 is 10.0 Å². The van der Waals surface area contributed by atoms with Crippen molar-refractivity contribution >= 4 is 27.3 Å². The van der Waals surface area contributed by atoms with Gasteiger partial charge in [-0.1, -0.05) is 23.7 Å². The Morgan fingerprint density at radius 2 is 1.96 bits per heavy atom. The number of rotatable bonds is 6. The Hall–Kier alpha value is -1.76. The minimum Gasteiger partial charge on any atom is -0.495 e. The van der Waals surface area contributed by atoms with Crippen LogP contribution in [0.15, 0.2) is 47.4 Å². The van der Waals surface area contributed by atoms with Crippen LogP contribution >= 0.6 is 11.6 Å². The Bertz CT molecular complexity index is 837. The molecule has 1 aliphatic carbocycles. The largest absolute Gasteiger partial charge is 0.495 e. The summed E-state index contributed by atoms with van der Waals surface area (Å²) < 4.78 is 27.9. The van der Waals surface area contributed by atoms with Gasteiger partial charge in [0, 0.05) is 11.6 Å². The molecule has 24 heavy (non-hydrogen) atoms. The molecule has 0 bridgehead atoms. The quantitative estimate of drug-likeness (QED) is 0.822. The first-order chi connectivity index (χ1) is 11.4. The second-order valence-corrected chi connectivity index (χ2v) is 7.94. The van der Waals surface area contributed by atoms with Crippen molar-refractivity contribution in [1.82, 2.24) is 0 Å². The van der Waals surface area contributed by atoms with Crippen molar-refractivity contribution in [3.8, 4) is 5.75 Å². The van der Waals surface area contributed by atoms with Gasteiger partial charge in [-0.15, -0.1) is 0 Å². The molecule has 0 amide bonds. The van der Waals surface area contributed by atoms with Crippen LogP contribution in [0.25, 0.3) is 0 Å². The lowest BCUT2D eigenvalue weighted by Crippen LogP contribution is -2.11. The van der Waals surface area contributed by atoms with Gasteiger partial charge in [-0.3, -0.25) is 0 Å². The molecule has 2 unspecified atom stereocenters. The highest BCUT2D eigenvalue weighted by Crippen LogP contribution is 2.47. The number of sulfonamides is 1. The van der Waals surface area contributed by atoms with Gasteiger partial charge in [-0.2, -0.15) is 0 Å². The Balaban J connectivity index is 1.61. The van der Waals surface area contributed by atoms with E-state index in [9.17, 15) is 8.42 Å². The van der Waals surface area contributed by atoms with Crippen LogP contribution in [0.1, 0.15) is 17.9 Å². The van der Waals surface area contributed by atoms with Crippen LogP contribution in [0, 0.1) is 5.92 Å². The molecule has 3 N–H and O–H groups in total. The summed E-state index contributed by atoms with van der Waals surface area (Å²) in [6.45, 7) is 0.804. The smallest absolute Gasteiger partial charge is 0.238 e. The summed E-state index contributed by atoms with van der Waals surface area (Å²) in [5, 5.41) is 9.15. The Kier molecular flexibility index (Phi) is 4.71. The van der Waals surface area contributed by atoms with Crippen molar-refractivity contribution in [2.75, 3.05) is 19.0 Å². The van der Waals surface area contributed by atoms with Gasteiger partial charge >= 0.3 is 0 Å². The molecule has 2 atom stereocenters. The number of anilines is 1. The number of hydrogen-bond donors (Lipinski definition) is 2. The third-order valence-electron chi connectivity index (χ3n) is 4.28. The third kappa shape index (κ3) is 3.83. The fourth-order valence-corrected chi connectivity index (χ4v) is 3.53. The molecule has 0 saturated heterocycles. The van der Waals surface area contributed by atoms with E-state index in [1.54, 1.807) is 25.3 Å². The van der Waals surface area contributed by atoms with E-state index in [1.165, 1.54) is 0 Å². The first-order valence-electron chi connectivity index (χ1n) is 7.58. The second-order valence-electron chi connectivity index (χ2n) is 5.94. The van der Waals surface area contributed by atoms with Crippen LogP contribution in [-0.2, 0) is 10.0 Å². The number of hydrogen-bond acceptors (Lipinski definition) is 4. The second kappa shape index (κ2) is 6.63. The molecular weight excluding hydrogens is 348 g/mol. The zero-order valence-electron chi connectivity index (χ0n) is 13.2. The molecule has 128 valence electrons. The van der Waals surface area contributed by atoms with Crippen LogP contribution in [-0.4, -0.2) is 22.1 Å². The van der Waals surface area contributed by atoms with Crippen LogP contribution in [0.4, 0.5) is 5.69 Å². The van der Waals surface area contributed by atoms with Gasteiger partial charge in [0.25, 0.3) is 0 Å². The minimum atomic E-state index is -3.64. The molecule has 2 aromatic carbocycles. The molecule has 5 nitrogen and oxygen atoms in total. The predicted molar refractivity (Wildman–Crippen MR) is 95.2 cm³/mol. The van der Waals surface area contributed by atoms with Gasteiger partial charge in [0.15, 0.2) is 0 Å². The molecule has 0 spiro atoms. The van der Waals surface area contributed by atoms with Gasteiger partial charge in [0.1, 0.15) is 5.75 Å². The molecular formula is C17H19ClN2O3S. The summed E-state index contributed by atoms with van der Waals surface area (Å²) in [5.74, 6) is 1.68.